The molecule has 1 aliphatic rings. The highest BCUT2D eigenvalue weighted by Gasteiger charge is 2.31. The second kappa shape index (κ2) is 5.28. The van der Waals surface area contributed by atoms with Gasteiger partial charge in [0.25, 0.3) is 0 Å². The topological polar surface area (TPSA) is 51.0 Å². The van der Waals surface area contributed by atoms with Crippen LogP contribution < -0.4 is 0 Å². The second-order valence-electron chi connectivity index (χ2n) is 4.99. The minimum atomic E-state index is -0.00531. The molecule has 1 aromatic heterocycles. The van der Waals surface area contributed by atoms with Crippen LogP contribution in [0, 0.1) is 6.92 Å². The molecule has 104 valence electrons. The maximum Gasteiger partial charge on any atom is 0.233 e. The lowest BCUT2D eigenvalue weighted by atomic mass is 10.1. The van der Waals surface area contributed by atoms with E-state index in [4.69, 9.17) is 0 Å². The van der Waals surface area contributed by atoms with Crippen LogP contribution in [0.3, 0.4) is 0 Å². The second-order valence-corrected chi connectivity index (χ2v) is 6.06. The zero-order valence-corrected chi connectivity index (χ0v) is 12.3. The van der Waals surface area contributed by atoms with Crippen molar-refractivity contribution in [1.29, 1.82) is 0 Å². The minimum absolute atomic E-state index is 0.00531. The fraction of sp³-hybridized carbons (Fsp3) is 0.357. The van der Waals surface area contributed by atoms with Gasteiger partial charge in [0.1, 0.15) is 11.1 Å². The van der Waals surface area contributed by atoms with Crippen LogP contribution in [0.25, 0.3) is 0 Å². The molecule has 1 atom stereocenters. The van der Waals surface area contributed by atoms with Crippen LogP contribution in [0.2, 0.25) is 0 Å². The van der Waals surface area contributed by atoms with Gasteiger partial charge in [0.2, 0.25) is 5.91 Å². The average Bonchev–Trinajstić information content (AvgIpc) is 3.01. The largest absolute Gasteiger partial charge is 0.327 e. The highest BCUT2D eigenvalue weighted by Crippen LogP contribution is 2.35. The molecule has 1 aliphatic heterocycles. The van der Waals surface area contributed by atoms with Crippen molar-refractivity contribution in [3.8, 4) is 0 Å². The van der Waals surface area contributed by atoms with E-state index in [-0.39, 0.29) is 11.3 Å². The Morgan fingerprint density at radius 1 is 1.35 bits per heavy atom. The van der Waals surface area contributed by atoms with Crippen molar-refractivity contribution in [3.05, 3.63) is 47.3 Å². The first-order chi connectivity index (χ1) is 9.63. The normalized spacial score (nSPS) is 18.8. The van der Waals surface area contributed by atoms with Crippen LogP contribution in [0.5, 0.6) is 0 Å². The maximum absolute atomic E-state index is 11.5. The smallest absolute Gasteiger partial charge is 0.233 e. The molecule has 20 heavy (non-hydrogen) atoms. The van der Waals surface area contributed by atoms with Crippen molar-refractivity contribution in [2.45, 2.75) is 18.8 Å². The number of hydrogen-bond donors (Lipinski definition) is 0. The van der Waals surface area contributed by atoms with Crippen molar-refractivity contribution in [3.63, 3.8) is 0 Å². The number of aromatic nitrogens is 3. The Kier molecular flexibility index (Phi) is 3.48. The van der Waals surface area contributed by atoms with Gasteiger partial charge in [-0.1, -0.05) is 35.0 Å². The van der Waals surface area contributed by atoms with Gasteiger partial charge in [-0.3, -0.25) is 4.79 Å². The number of carbonyl (C=O) groups is 1. The molecule has 0 bridgehead atoms. The zero-order chi connectivity index (χ0) is 14.1. The Morgan fingerprint density at radius 2 is 2.10 bits per heavy atom. The molecule has 3 rings (SSSR count). The summed E-state index contributed by atoms with van der Waals surface area (Å²) in [5.74, 6) is 0.666. The number of nitrogens with zero attached hydrogens (tertiary/aromatic N) is 4. The first-order valence-electron chi connectivity index (χ1n) is 6.46. The third-order valence-corrected chi connectivity index (χ3v) is 4.67. The van der Waals surface area contributed by atoms with Crippen LogP contribution in [-0.4, -0.2) is 38.6 Å². The Hall–Kier alpha value is -1.82. The van der Waals surface area contributed by atoms with Gasteiger partial charge in [-0.15, -0.1) is 16.9 Å². The SMILES string of the molecule is Cc1ccc(Cn2cc([C@H]3SCC(=O)N3C)nn2)cc1. The molecule has 0 unspecified atom stereocenters. The molecular formula is C14H16N4OS. The predicted molar refractivity (Wildman–Crippen MR) is 78.3 cm³/mol. The van der Waals surface area contributed by atoms with Crippen LogP contribution in [0.15, 0.2) is 30.5 Å². The van der Waals surface area contributed by atoms with E-state index in [1.165, 1.54) is 11.1 Å². The summed E-state index contributed by atoms with van der Waals surface area (Å²) in [5.41, 5.74) is 3.28. The fourth-order valence-electron chi connectivity index (χ4n) is 2.16. The molecule has 5 nitrogen and oxygen atoms in total. The number of thioether (sulfide) groups is 1. The first-order valence-corrected chi connectivity index (χ1v) is 7.51. The van der Waals surface area contributed by atoms with Crippen LogP contribution in [-0.2, 0) is 11.3 Å². The Bertz CT molecular complexity index is 622. The number of benzene rings is 1. The summed E-state index contributed by atoms with van der Waals surface area (Å²) in [6.45, 7) is 2.77. The molecule has 0 aliphatic carbocycles. The van der Waals surface area contributed by atoms with Crippen LogP contribution in [0.4, 0.5) is 0 Å². The summed E-state index contributed by atoms with van der Waals surface area (Å²) in [6, 6.07) is 8.37. The number of rotatable bonds is 3. The lowest BCUT2D eigenvalue weighted by molar-refractivity contribution is -0.126. The lowest BCUT2D eigenvalue weighted by Gasteiger charge is -2.15. The predicted octanol–water partition coefficient (Wildman–Crippen LogP) is 1.84. The number of hydrogen-bond acceptors (Lipinski definition) is 4. The highest BCUT2D eigenvalue weighted by molar-refractivity contribution is 8.00. The number of aryl methyl sites for hydroxylation is 1. The standard InChI is InChI=1S/C14H16N4OS/c1-10-3-5-11(6-4-10)7-18-8-12(15-16-18)14-17(2)13(19)9-20-14/h3-6,8,14H,7,9H2,1-2H3/t14-/m1/s1. The molecule has 1 aromatic carbocycles. The summed E-state index contributed by atoms with van der Waals surface area (Å²) >= 11 is 1.59. The van der Waals surface area contributed by atoms with Gasteiger partial charge in [-0.2, -0.15) is 0 Å². The zero-order valence-electron chi connectivity index (χ0n) is 11.5. The molecule has 0 radical (unpaired) electrons. The van der Waals surface area contributed by atoms with E-state index in [0.717, 1.165) is 5.69 Å². The highest BCUT2D eigenvalue weighted by atomic mass is 32.2. The van der Waals surface area contributed by atoms with Gasteiger partial charge in [0, 0.05) is 7.05 Å². The van der Waals surface area contributed by atoms with Crippen molar-refractivity contribution in [1.82, 2.24) is 19.9 Å². The number of amides is 1. The van der Waals surface area contributed by atoms with Gasteiger partial charge < -0.3 is 4.90 Å². The van der Waals surface area contributed by atoms with Crippen LogP contribution >= 0.6 is 11.8 Å². The summed E-state index contributed by atoms with van der Waals surface area (Å²) in [5, 5.41) is 8.34. The van der Waals surface area contributed by atoms with Gasteiger partial charge in [-0.25, -0.2) is 4.68 Å². The maximum atomic E-state index is 11.5. The van der Waals surface area contributed by atoms with Crippen LogP contribution in [0.1, 0.15) is 22.2 Å². The third-order valence-electron chi connectivity index (χ3n) is 3.38. The summed E-state index contributed by atoms with van der Waals surface area (Å²) < 4.78 is 1.82. The molecule has 1 amide bonds. The van der Waals surface area contributed by atoms with E-state index in [1.807, 2.05) is 17.9 Å². The molecular weight excluding hydrogens is 272 g/mol. The molecule has 1 saturated heterocycles. The molecule has 1 fully saturated rings. The monoisotopic (exact) mass is 288 g/mol. The molecule has 0 saturated carbocycles. The summed E-state index contributed by atoms with van der Waals surface area (Å²) in [6.07, 6.45) is 1.92. The Labute approximate surface area is 122 Å². The molecule has 2 heterocycles. The summed E-state index contributed by atoms with van der Waals surface area (Å²) in [7, 11) is 1.81. The van der Waals surface area contributed by atoms with Crippen molar-refractivity contribution in [2.75, 3.05) is 12.8 Å². The third kappa shape index (κ3) is 2.56. The quantitative estimate of drug-likeness (QED) is 0.865. The van der Waals surface area contributed by atoms with E-state index in [9.17, 15) is 4.79 Å². The van der Waals surface area contributed by atoms with E-state index in [0.29, 0.717) is 12.3 Å². The molecule has 0 spiro atoms. The van der Waals surface area contributed by atoms with E-state index >= 15 is 0 Å². The lowest BCUT2D eigenvalue weighted by Crippen LogP contribution is -2.23. The number of carbonyl (C=O) groups excluding carboxylic acids is 1. The molecule has 6 heteroatoms. The van der Waals surface area contributed by atoms with Gasteiger partial charge >= 0.3 is 0 Å². The van der Waals surface area contributed by atoms with Crippen molar-refractivity contribution < 1.29 is 4.79 Å². The van der Waals surface area contributed by atoms with E-state index in [1.54, 1.807) is 16.7 Å². The average molecular weight is 288 g/mol. The van der Waals surface area contributed by atoms with E-state index in [2.05, 4.69) is 41.5 Å². The fourth-order valence-corrected chi connectivity index (χ4v) is 3.29. The van der Waals surface area contributed by atoms with Gasteiger partial charge in [0.05, 0.1) is 18.5 Å². The molecule has 0 N–H and O–H groups in total. The minimum Gasteiger partial charge on any atom is -0.327 e. The van der Waals surface area contributed by atoms with E-state index < -0.39 is 0 Å². The van der Waals surface area contributed by atoms with Gasteiger partial charge in [-0.05, 0) is 12.5 Å². The Balaban J connectivity index is 1.74. The first kappa shape index (κ1) is 13.2. The van der Waals surface area contributed by atoms with Crippen molar-refractivity contribution in [2.24, 2.45) is 0 Å². The van der Waals surface area contributed by atoms with Gasteiger partial charge in [0.15, 0.2) is 0 Å². The van der Waals surface area contributed by atoms with Crippen molar-refractivity contribution >= 4 is 17.7 Å². The summed E-state index contributed by atoms with van der Waals surface area (Å²) in [4.78, 5) is 13.3. The molecule has 2 aromatic rings. The Morgan fingerprint density at radius 3 is 2.75 bits per heavy atom.